The molecule has 0 spiro atoms. The van der Waals surface area contributed by atoms with Gasteiger partial charge in [0.2, 0.25) is 0 Å². The Labute approximate surface area is 141 Å². The molecule has 0 radical (unpaired) electrons. The number of anilines is 1. The van der Waals surface area contributed by atoms with Gasteiger partial charge < -0.3 is 11.1 Å². The molecule has 1 amide bonds. The molecule has 1 aliphatic rings. The largest absolute Gasteiger partial charge is 0.399 e. The molecule has 0 saturated carbocycles. The van der Waals surface area contributed by atoms with Gasteiger partial charge in [-0.2, -0.15) is 0 Å². The van der Waals surface area contributed by atoms with Gasteiger partial charge in [0.15, 0.2) is 0 Å². The van der Waals surface area contributed by atoms with E-state index in [0.29, 0.717) is 29.9 Å². The number of hydrogen-bond acceptors (Lipinski definition) is 4. The first kappa shape index (κ1) is 16.0. The topological polar surface area (TPSA) is 58.4 Å². The second-order valence-electron chi connectivity index (χ2n) is 6.14. The Morgan fingerprint density at radius 1 is 1.30 bits per heavy atom. The normalized spacial score (nSPS) is 21.0. The predicted molar refractivity (Wildman–Crippen MR) is 95.8 cm³/mol. The number of nitrogens with two attached hydrogens (primary N) is 1. The van der Waals surface area contributed by atoms with Crippen LogP contribution in [-0.2, 0) is 6.42 Å². The lowest BCUT2D eigenvalue weighted by Crippen LogP contribution is -2.44. The van der Waals surface area contributed by atoms with Crippen molar-refractivity contribution in [3.63, 3.8) is 0 Å². The van der Waals surface area contributed by atoms with Crippen LogP contribution in [0, 0.1) is 0 Å². The number of hydrogen-bond donors (Lipinski definition) is 2. The average molecular weight is 329 g/mol. The highest BCUT2D eigenvalue weighted by Gasteiger charge is 2.29. The Hall–Kier alpha value is -1.85. The predicted octanol–water partition coefficient (Wildman–Crippen LogP) is 3.07. The number of nitrogens with one attached hydrogen (secondary N) is 1. The van der Waals surface area contributed by atoms with E-state index in [1.807, 2.05) is 11.3 Å². The summed E-state index contributed by atoms with van der Waals surface area (Å²) in [5.74, 6) is -0.0430. The quantitative estimate of drug-likeness (QED) is 0.848. The van der Waals surface area contributed by atoms with Gasteiger partial charge in [-0.05, 0) is 61.5 Å². The number of carbonyl (C=O) groups excluding carboxylic acids is 1. The van der Waals surface area contributed by atoms with Crippen molar-refractivity contribution in [2.75, 3.05) is 18.8 Å². The van der Waals surface area contributed by atoms with E-state index in [9.17, 15) is 4.79 Å². The molecule has 122 valence electrons. The van der Waals surface area contributed by atoms with Crippen LogP contribution >= 0.6 is 11.3 Å². The molecule has 2 aromatic rings. The molecule has 5 heteroatoms. The molecule has 3 rings (SSSR count). The lowest BCUT2D eigenvalue weighted by molar-refractivity contribution is 0.0929. The zero-order valence-corrected chi connectivity index (χ0v) is 14.4. The maximum absolute atomic E-state index is 12.1. The molecule has 2 atom stereocenters. The minimum atomic E-state index is -0.0430. The zero-order valence-electron chi connectivity index (χ0n) is 13.6. The summed E-state index contributed by atoms with van der Waals surface area (Å²) in [6.45, 7) is 6.03. The SMILES string of the molecule is C[C@@H]1Cc2sccc2[C@H](C)N1CCNC(=O)c1ccc(N)cc1. The van der Waals surface area contributed by atoms with Gasteiger partial charge in [0.05, 0.1) is 0 Å². The van der Waals surface area contributed by atoms with Crippen LogP contribution in [-0.4, -0.2) is 29.9 Å². The van der Waals surface area contributed by atoms with Gasteiger partial charge in [-0.15, -0.1) is 11.3 Å². The van der Waals surface area contributed by atoms with Gasteiger partial charge in [-0.3, -0.25) is 9.69 Å². The molecule has 3 N–H and O–H groups in total. The van der Waals surface area contributed by atoms with Crippen molar-refractivity contribution in [1.29, 1.82) is 0 Å². The molecular weight excluding hydrogens is 306 g/mol. The molecule has 0 unspecified atom stereocenters. The number of rotatable bonds is 4. The molecule has 1 aliphatic heterocycles. The van der Waals surface area contributed by atoms with Crippen molar-refractivity contribution in [2.45, 2.75) is 32.4 Å². The molecular formula is C18H23N3OS. The minimum absolute atomic E-state index is 0.0430. The van der Waals surface area contributed by atoms with E-state index < -0.39 is 0 Å². The number of carbonyl (C=O) groups is 1. The molecule has 4 nitrogen and oxygen atoms in total. The first-order chi connectivity index (χ1) is 11.1. The van der Waals surface area contributed by atoms with E-state index in [-0.39, 0.29) is 5.91 Å². The Morgan fingerprint density at radius 3 is 2.78 bits per heavy atom. The van der Waals surface area contributed by atoms with Gasteiger partial charge in [0, 0.05) is 41.3 Å². The highest BCUT2D eigenvalue weighted by Crippen LogP contribution is 2.35. The monoisotopic (exact) mass is 329 g/mol. The number of nitrogens with zero attached hydrogens (tertiary/aromatic N) is 1. The zero-order chi connectivity index (χ0) is 16.4. The van der Waals surface area contributed by atoms with Crippen LogP contribution in [0.5, 0.6) is 0 Å². The molecule has 0 aliphatic carbocycles. The smallest absolute Gasteiger partial charge is 0.251 e. The number of nitrogen functional groups attached to an aromatic ring is 1. The van der Waals surface area contributed by atoms with Gasteiger partial charge in [-0.25, -0.2) is 0 Å². The van der Waals surface area contributed by atoms with E-state index in [1.165, 1.54) is 10.4 Å². The van der Waals surface area contributed by atoms with Crippen LogP contribution in [0.15, 0.2) is 35.7 Å². The number of fused-ring (bicyclic) bond motifs is 1. The fourth-order valence-electron chi connectivity index (χ4n) is 3.28. The lowest BCUT2D eigenvalue weighted by atomic mass is 9.96. The fraction of sp³-hybridized carbons (Fsp3) is 0.389. The van der Waals surface area contributed by atoms with E-state index in [2.05, 4.69) is 35.5 Å². The first-order valence-electron chi connectivity index (χ1n) is 8.02. The average Bonchev–Trinajstić information content (AvgIpc) is 2.99. The third-order valence-electron chi connectivity index (χ3n) is 4.60. The van der Waals surface area contributed by atoms with Gasteiger partial charge in [-0.1, -0.05) is 0 Å². The molecule has 0 saturated heterocycles. The molecule has 2 heterocycles. The summed E-state index contributed by atoms with van der Waals surface area (Å²) in [5, 5.41) is 5.19. The Morgan fingerprint density at radius 2 is 2.04 bits per heavy atom. The second kappa shape index (κ2) is 6.72. The number of benzene rings is 1. The van der Waals surface area contributed by atoms with Crippen LogP contribution < -0.4 is 11.1 Å². The van der Waals surface area contributed by atoms with Crippen molar-refractivity contribution in [2.24, 2.45) is 0 Å². The van der Waals surface area contributed by atoms with Crippen molar-refractivity contribution in [3.05, 3.63) is 51.7 Å². The van der Waals surface area contributed by atoms with E-state index >= 15 is 0 Å². The summed E-state index contributed by atoms with van der Waals surface area (Å²) >= 11 is 1.86. The molecule has 1 aromatic heterocycles. The van der Waals surface area contributed by atoms with Gasteiger partial charge in [0.25, 0.3) is 5.91 Å². The van der Waals surface area contributed by atoms with E-state index in [4.69, 9.17) is 5.73 Å². The van der Waals surface area contributed by atoms with Crippen LogP contribution in [0.4, 0.5) is 5.69 Å². The minimum Gasteiger partial charge on any atom is -0.399 e. The van der Waals surface area contributed by atoms with Crippen molar-refractivity contribution in [3.8, 4) is 0 Å². The van der Waals surface area contributed by atoms with E-state index in [0.717, 1.165) is 13.0 Å². The van der Waals surface area contributed by atoms with Crippen LogP contribution in [0.3, 0.4) is 0 Å². The van der Waals surface area contributed by atoms with Gasteiger partial charge in [0.1, 0.15) is 0 Å². The molecule has 0 fully saturated rings. The summed E-state index contributed by atoms with van der Waals surface area (Å²) < 4.78 is 0. The summed E-state index contributed by atoms with van der Waals surface area (Å²) in [7, 11) is 0. The fourth-order valence-corrected chi connectivity index (χ4v) is 4.37. The maximum atomic E-state index is 12.1. The van der Waals surface area contributed by atoms with Crippen LogP contribution in [0.1, 0.15) is 40.7 Å². The standard InChI is InChI=1S/C18H23N3OS/c1-12-11-17-16(7-10-23-17)13(2)21(12)9-8-20-18(22)14-3-5-15(19)6-4-14/h3-7,10,12-13H,8-9,11,19H2,1-2H3,(H,20,22)/t12-,13+/m1/s1. The highest BCUT2D eigenvalue weighted by molar-refractivity contribution is 7.10. The van der Waals surface area contributed by atoms with Crippen molar-refractivity contribution in [1.82, 2.24) is 10.2 Å². The summed E-state index contributed by atoms with van der Waals surface area (Å²) in [6.07, 6.45) is 1.10. The third-order valence-corrected chi connectivity index (χ3v) is 5.56. The number of thiophene rings is 1. The summed E-state index contributed by atoms with van der Waals surface area (Å²) in [4.78, 5) is 16.1. The third kappa shape index (κ3) is 3.41. The Bertz CT molecular complexity index is 680. The van der Waals surface area contributed by atoms with Crippen molar-refractivity contribution >= 4 is 22.9 Å². The maximum Gasteiger partial charge on any atom is 0.251 e. The Balaban J connectivity index is 1.56. The second-order valence-corrected chi connectivity index (χ2v) is 7.14. The number of amides is 1. The lowest BCUT2D eigenvalue weighted by Gasteiger charge is -2.39. The first-order valence-corrected chi connectivity index (χ1v) is 8.90. The highest BCUT2D eigenvalue weighted by atomic mass is 32.1. The Kier molecular flexibility index (Phi) is 4.68. The molecule has 23 heavy (non-hydrogen) atoms. The van der Waals surface area contributed by atoms with Crippen LogP contribution in [0.2, 0.25) is 0 Å². The van der Waals surface area contributed by atoms with Gasteiger partial charge >= 0.3 is 0 Å². The summed E-state index contributed by atoms with van der Waals surface area (Å²) in [6, 6.07) is 10.2. The molecule has 1 aromatic carbocycles. The van der Waals surface area contributed by atoms with Crippen LogP contribution in [0.25, 0.3) is 0 Å². The summed E-state index contributed by atoms with van der Waals surface area (Å²) in [5.41, 5.74) is 8.41. The molecule has 0 bridgehead atoms. The van der Waals surface area contributed by atoms with E-state index in [1.54, 1.807) is 24.3 Å². The van der Waals surface area contributed by atoms with Crippen molar-refractivity contribution < 1.29 is 4.79 Å².